The Hall–Kier alpha value is -2.90. The van der Waals surface area contributed by atoms with E-state index in [1.54, 1.807) is 30.1 Å². The van der Waals surface area contributed by atoms with Crippen LogP contribution in [0.25, 0.3) is 6.08 Å². The third-order valence-corrected chi connectivity index (χ3v) is 2.32. The lowest BCUT2D eigenvalue weighted by Gasteiger charge is -1.96. The Balaban J connectivity index is 1.99. The van der Waals surface area contributed by atoms with Gasteiger partial charge in [-0.05, 0) is 12.1 Å². The molecule has 2 aromatic rings. The van der Waals surface area contributed by atoms with Gasteiger partial charge in [-0.3, -0.25) is 14.6 Å². The number of anilines is 1. The van der Waals surface area contributed by atoms with Crippen LogP contribution >= 0.6 is 0 Å². The molecular weight excluding hydrogens is 250 g/mol. The van der Waals surface area contributed by atoms with Gasteiger partial charge in [-0.25, -0.2) is 4.79 Å². The van der Waals surface area contributed by atoms with Crippen LogP contribution in [0.5, 0.6) is 0 Å². The van der Waals surface area contributed by atoms with Gasteiger partial charge in [-0.15, -0.1) is 0 Å². The highest BCUT2D eigenvalue weighted by Gasteiger charge is 2.08. The molecule has 0 atom stereocenters. The number of hydrogen-bond donors (Lipinski definition) is 3. The molecule has 0 bridgehead atoms. The first kappa shape index (κ1) is 12.6. The molecule has 8 nitrogen and oxygen atoms in total. The molecular formula is C11H11N5O3. The summed E-state index contributed by atoms with van der Waals surface area (Å²) in [5.74, 6) is -1.40. The van der Waals surface area contributed by atoms with Crippen molar-refractivity contribution in [2.75, 3.05) is 5.32 Å². The van der Waals surface area contributed by atoms with Crippen molar-refractivity contribution < 1.29 is 14.7 Å². The summed E-state index contributed by atoms with van der Waals surface area (Å²) in [6, 6.07) is 2.99. The average molecular weight is 261 g/mol. The van der Waals surface area contributed by atoms with Crippen LogP contribution in [0.1, 0.15) is 16.2 Å². The Morgan fingerprint density at radius 3 is 2.89 bits per heavy atom. The molecule has 0 aliphatic rings. The van der Waals surface area contributed by atoms with Crippen LogP contribution in [0.3, 0.4) is 0 Å². The summed E-state index contributed by atoms with van der Waals surface area (Å²) in [5, 5.41) is 21.0. The van der Waals surface area contributed by atoms with Crippen molar-refractivity contribution in [2.45, 2.75) is 0 Å². The molecule has 19 heavy (non-hydrogen) atoms. The van der Waals surface area contributed by atoms with Gasteiger partial charge in [0.1, 0.15) is 5.69 Å². The first-order chi connectivity index (χ1) is 9.06. The lowest BCUT2D eigenvalue weighted by molar-refractivity contribution is -0.111. The topological polar surface area (TPSA) is 113 Å². The maximum Gasteiger partial charge on any atom is 0.353 e. The number of carbonyl (C=O) groups is 2. The van der Waals surface area contributed by atoms with Crippen LogP contribution in [0, 0.1) is 0 Å². The van der Waals surface area contributed by atoms with Crippen LogP contribution in [0.15, 0.2) is 24.4 Å². The molecule has 3 N–H and O–H groups in total. The Morgan fingerprint density at radius 1 is 1.53 bits per heavy atom. The summed E-state index contributed by atoms with van der Waals surface area (Å²) in [5.41, 5.74) is 0.675. The van der Waals surface area contributed by atoms with E-state index in [9.17, 15) is 9.59 Å². The number of aromatic amines is 1. The second-order valence-electron chi connectivity index (χ2n) is 3.67. The minimum Gasteiger partial charge on any atom is -0.477 e. The van der Waals surface area contributed by atoms with Crippen LogP contribution in [-0.4, -0.2) is 37.0 Å². The third-order valence-electron chi connectivity index (χ3n) is 2.32. The summed E-state index contributed by atoms with van der Waals surface area (Å²) >= 11 is 0. The number of nitrogens with zero attached hydrogens (tertiary/aromatic N) is 3. The molecule has 0 aliphatic heterocycles. The molecule has 0 radical (unpaired) electrons. The van der Waals surface area contributed by atoms with E-state index in [1.807, 2.05) is 0 Å². The van der Waals surface area contributed by atoms with Crippen LogP contribution < -0.4 is 5.32 Å². The molecule has 0 spiro atoms. The number of H-pyrrole nitrogens is 1. The van der Waals surface area contributed by atoms with Crippen molar-refractivity contribution in [1.29, 1.82) is 0 Å². The van der Waals surface area contributed by atoms with Gasteiger partial charge in [-0.1, -0.05) is 0 Å². The largest absolute Gasteiger partial charge is 0.477 e. The molecule has 0 aromatic carbocycles. The Kier molecular flexibility index (Phi) is 3.42. The normalized spacial score (nSPS) is 10.8. The van der Waals surface area contributed by atoms with E-state index in [-0.39, 0.29) is 11.5 Å². The van der Waals surface area contributed by atoms with Crippen molar-refractivity contribution in [2.24, 2.45) is 7.05 Å². The molecule has 0 saturated carbocycles. The third kappa shape index (κ3) is 3.06. The Labute approximate surface area is 107 Å². The average Bonchev–Trinajstić information content (AvgIpc) is 2.96. The molecule has 2 aromatic heterocycles. The minimum atomic E-state index is -1.14. The molecule has 2 heterocycles. The van der Waals surface area contributed by atoms with E-state index in [0.29, 0.717) is 0 Å². The van der Waals surface area contributed by atoms with Crippen molar-refractivity contribution >= 4 is 23.8 Å². The number of carbonyl (C=O) groups excluding carboxylic acids is 1. The number of rotatable bonds is 4. The number of hydrogen-bond acceptors (Lipinski definition) is 4. The summed E-state index contributed by atoms with van der Waals surface area (Å²) in [7, 11) is 1.75. The zero-order valence-electron chi connectivity index (χ0n) is 9.99. The fourth-order valence-electron chi connectivity index (χ4n) is 1.37. The molecule has 98 valence electrons. The van der Waals surface area contributed by atoms with Crippen molar-refractivity contribution in [1.82, 2.24) is 20.0 Å². The Morgan fingerprint density at radius 2 is 2.32 bits per heavy atom. The van der Waals surface area contributed by atoms with Gasteiger partial charge >= 0.3 is 5.97 Å². The maximum atomic E-state index is 11.6. The van der Waals surface area contributed by atoms with Gasteiger partial charge in [0.2, 0.25) is 5.91 Å². The first-order valence-corrected chi connectivity index (χ1v) is 5.32. The molecule has 1 amide bonds. The number of aromatic carboxylic acids is 1. The molecule has 0 aliphatic carbocycles. The number of carboxylic acids is 1. The standard InChI is InChI=1S/C11H11N5O3/c1-16-7(4-5-12-16)2-3-10(17)13-9-6-8(11(18)19)14-15-9/h2-6H,1H3,(H,18,19)(H2,13,14,15,17). The lowest BCUT2D eigenvalue weighted by Crippen LogP contribution is -2.08. The molecule has 0 fully saturated rings. The van der Waals surface area contributed by atoms with E-state index in [1.165, 1.54) is 12.1 Å². The van der Waals surface area contributed by atoms with Crippen LogP contribution in [0.2, 0.25) is 0 Å². The number of aromatic nitrogens is 4. The number of nitrogens with one attached hydrogen (secondary N) is 2. The highest BCUT2D eigenvalue weighted by molar-refractivity contribution is 6.01. The lowest BCUT2D eigenvalue weighted by atomic mass is 10.3. The second kappa shape index (κ2) is 5.17. The summed E-state index contributed by atoms with van der Waals surface area (Å²) in [6.07, 6.45) is 4.52. The summed E-state index contributed by atoms with van der Waals surface area (Å²) in [4.78, 5) is 22.2. The summed E-state index contributed by atoms with van der Waals surface area (Å²) < 4.78 is 1.61. The zero-order valence-corrected chi connectivity index (χ0v) is 9.99. The predicted molar refractivity (Wildman–Crippen MR) is 66.4 cm³/mol. The van der Waals surface area contributed by atoms with Gasteiger partial charge in [-0.2, -0.15) is 10.2 Å². The fourth-order valence-corrected chi connectivity index (χ4v) is 1.37. The van der Waals surface area contributed by atoms with E-state index in [0.717, 1.165) is 5.69 Å². The fraction of sp³-hybridized carbons (Fsp3) is 0.0909. The number of carboxylic acid groups (broad SMARTS) is 1. The highest BCUT2D eigenvalue weighted by Crippen LogP contribution is 2.06. The highest BCUT2D eigenvalue weighted by atomic mass is 16.4. The van der Waals surface area contributed by atoms with Crippen LogP contribution in [0.4, 0.5) is 5.82 Å². The van der Waals surface area contributed by atoms with E-state index in [2.05, 4.69) is 20.6 Å². The molecule has 8 heteroatoms. The summed E-state index contributed by atoms with van der Waals surface area (Å²) in [6.45, 7) is 0. The Bertz CT molecular complexity index is 640. The van der Waals surface area contributed by atoms with Gasteiger partial charge < -0.3 is 10.4 Å². The smallest absolute Gasteiger partial charge is 0.353 e. The van der Waals surface area contributed by atoms with Crippen molar-refractivity contribution in [3.63, 3.8) is 0 Å². The predicted octanol–water partition coefficient (Wildman–Crippen LogP) is 0.493. The zero-order chi connectivity index (χ0) is 13.8. The van der Waals surface area contributed by atoms with Crippen LogP contribution in [-0.2, 0) is 11.8 Å². The monoisotopic (exact) mass is 261 g/mol. The van der Waals surface area contributed by atoms with Crippen molar-refractivity contribution in [3.8, 4) is 0 Å². The van der Waals surface area contributed by atoms with Gasteiger partial charge in [0.15, 0.2) is 5.82 Å². The van der Waals surface area contributed by atoms with E-state index < -0.39 is 11.9 Å². The molecule has 2 rings (SSSR count). The van der Waals surface area contributed by atoms with Gasteiger partial charge in [0.25, 0.3) is 0 Å². The van der Waals surface area contributed by atoms with E-state index >= 15 is 0 Å². The molecule has 0 saturated heterocycles. The number of amides is 1. The second-order valence-corrected chi connectivity index (χ2v) is 3.67. The minimum absolute atomic E-state index is 0.0917. The SMILES string of the molecule is Cn1nccc1C=CC(=O)Nc1cc(C(=O)O)[nH]n1. The van der Waals surface area contributed by atoms with E-state index in [4.69, 9.17) is 5.11 Å². The maximum absolute atomic E-state index is 11.6. The number of aryl methyl sites for hydroxylation is 1. The quantitative estimate of drug-likeness (QED) is 0.693. The van der Waals surface area contributed by atoms with Gasteiger partial charge in [0, 0.05) is 25.4 Å². The first-order valence-electron chi connectivity index (χ1n) is 5.32. The van der Waals surface area contributed by atoms with Crippen molar-refractivity contribution in [3.05, 3.63) is 35.8 Å². The molecule has 0 unspecified atom stereocenters. The van der Waals surface area contributed by atoms with Gasteiger partial charge in [0.05, 0.1) is 5.69 Å².